The third-order valence-corrected chi connectivity index (χ3v) is 0.976. The van der Waals surface area contributed by atoms with Gasteiger partial charge in [-0.05, 0) is 0 Å². The largest absolute Gasteiger partial charge is 0.336 e. The molecular weight excluding hydrogens is 132 g/mol. The van der Waals surface area contributed by atoms with Crippen LogP contribution in [-0.4, -0.2) is 15.7 Å². The van der Waals surface area contributed by atoms with E-state index in [1.807, 2.05) is 0 Å². The molecule has 0 fully saturated rings. The molecule has 4 nitrogen and oxygen atoms in total. The fourth-order valence-electron chi connectivity index (χ4n) is 0.483. The molecule has 1 rings (SSSR count). The van der Waals surface area contributed by atoms with Crippen molar-refractivity contribution in [1.29, 1.82) is 0 Å². The summed E-state index contributed by atoms with van der Waals surface area (Å²) in [5, 5.41) is 0. The quantitative estimate of drug-likeness (QED) is 0.591. The number of carbonyl (C=O) groups excluding carboxylic acids is 1. The molecule has 4 heteroatoms. The lowest BCUT2D eigenvalue weighted by Gasteiger charge is -1.98. The zero-order chi connectivity index (χ0) is 7.40. The van der Waals surface area contributed by atoms with Crippen LogP contribution in [0.5, 0.6) is 0 Å². The van der Waals surface area contributed by atoms with Crippen molar-refractivity contribution in [3.05, 3.63) is 18.7 Å². The van der Waals surface area contributed by atoms with E-state index in [2.05, 4.69) is 4.98 Å². The molecule has 1 heterocycles. The lowest BCUT2D eigenvalue weighted by Crippen LogP contribution is -2.16. The van der Waals surface area contributed by atoms with E-state index in [0.717, 1.165) is 0 Å². The van der Waals surface area contributed by atoms with E-state index in [4.69, 9.17) is 4.84 Å². The molecule has 0 aromatic carbocycles. The van der Waals surface area contributed by atoms with E-state index >= 15 is 0 Å². The molecule has 0 saturated carbocycles. The highest BCUT2D eigenvalue weighted by atomic mass is 16.7. The average Bonchev–Trinajstić information content (AvgIpc) is 2.40. The number of hydrogen-bond donors (Lipinski definition) is 0. The highest BCUT2D eigenvalue weighted by Crippen LogP contribution is 1.83. The Morgan fingerprint density at radius 2 is 2.60 bits per heavy atom. The van der Waals surface area contributed by atoms with Gasteiger partial charge in [-0.1, -0.05) is 6.92 Å². The zero-order valence-electron chi connectivity index (χ0n) is 5.65. The molecule has 54 valence electrons. The smallest absolute Gasteiger partial charge is 0.332 e. The van der Waals surface area contributed by atoms with Crippen molar-refractivity contribution in [2.75, 3.05) is 0 Å². The van der Waals surface area contributed by atoms with Gasteiger partial charge < -0.3 is 4.84 Å². The van der Waals surface area contributed by atoms with Crippen molar-refractivity contribution < 1.29 is 9.63 Å². The van der Waals surface area contributed by atoms with Crippen LogP contribution in [0.3, 0.4) is 0 Å². The topological polar surface area (TPSA) is 44.1 Å². The lowest BCUT2D eigenvalue weighted by atomic mass is 10.5. The van der Waals surface area contributed by atoms with Crippen LogP contribution in [0.25, 0.3) is 0 Å². The second-order valence-corrected chi connectivity index (χ2v) is 1.74. The van der Waals surface area contributed by atoms with Gasteiger partial charge in [-0.3, -0.25) is 0 Å². The van der Waals surface area contributed by atoms with Crippen LogP contribution in [0.4, 0.5) is 0 Å². The van der Waals surface area contributed by atoms with Crippen LogP contribution in [0, 0.1) is 0 Å². The van der Waals surface area contributed by atoms with Crippen molar-refractivity contribution in [3.63, 3.8) is 0 Å². The molecule has 0 atom stereocenters. The predicted octanol–water partition coefficient (Wildman–Crippen LogP) is 0.248. The van der Waals surface area contributed by atoms with E-state index in [9.17, 15) is 4.79 Å². The third kappa shape index (κ3) is 1.58. The fraction of sp³-hybridized carbons (Fsp3) is 0.333. The van der Waals surface area contributed by atoms with Gasteiger partial charge >= 0.3 is 5.97 Å². The summed E-state index contributed by atoms with van der Waals surface area (Å²) in [6, 6.07) is 0. The van der Waals surface area contributed by atoms with Gasteiger partial charge in [0, 0.05) is 12.6 Å². The summed E-state index contributed by atoms with van der Waals surface area (Å²) in [5.74, 6) is -0.266. The van der Waals surface area contributed by atoms with Gasteiger partial charge in [-0.2, -0.15) is 4.73 Å². The maximum atomic E-state index is 10.6. The summed E-state index contributed by atoms with van der Waals surface area (Å²) >= 11 is 0. The first-order valence-corrected chi connectivity index (χ1v) is 3.02. The SMILES string of the molecule is CCC(=O)On1ccnc1. The summed E-state index contributed by atoms with van der Waals surface area (Å²) in [6.45, 7) is 1.74. The van der Waals surface area contributed by atoms with Gasteiger partial charge in [-0.25, -0.2) is 9.78 Å². The van der Waals surface area contributed by atoms with Crippen molar-refractivity contribution >= 4 is 5.97 Å². The Morgan fingerprint density at radius 1 is 1.80 bits per heavy atom. The molecule has 0 spiro atoms. The molecular formula is C6H8N2O2. The van der Waals surface area contributed by atoms with Crippen LogP contribution < -0.4 is 4.84 Å². The molecule has 0 aliphatic rings. The number of rotatable bonds is 2. The van der Waals surface area contributed by atoms with Crippen molar-refractivity contribution in [3.8, 4) is 0 Å². The molecule has 0 bridgehead atoms. The molecule has 10 heavy (non-hydrogen) atoms. The van der Waals surface area contributed by atoms with Crippen LogP contribution >= 0.6 is 0 Å². The number of aromatic nitrogens is 2. The summed E-state index contributed by atoms with van der Waals surface area (Å²) < 4.78 is 1.27. The molecule has 0 radical (unpaired) electrons. The summed E-state index contributed by atoms with van der Waals surface area (Å²) in [4.78, 5) is 19.0. The third-order valence-electron chi connectivity index (χ3n) is 0.976. The van der Waals surface area contributed by atoms with E-state index in [1.165, 1.54) is 11.1 Å². The minimum Gasteiger partial charge on any atom is -0.336 e. The number of imidazole rings is 1. The lowest BCUT2D eigenvalue weighted by molar-refractivity contribution is -0.143. The second-order valence-electron chi connectivity index (χ2n) is 1.74. The Balaban J connectivity index is 2.48. The van der Waals surface area contributed by atoms with Crippen molar-refractivity contribution in [2.45, 2.75) is 13.3 Å². The minimum atomic E-state index is -0.266. The highest BCUT2D eigenvalue weighted by Gasteiger charge is 1.97. The Kier molecular flexibility index (Phi) is 2.04. The van der Waals surface area contributed by atoms with Gasteiger partial charge in [0.1, 0.15) is 6.33 Å². The first-order valence-electron chi connectivity index (χ1n) is 3.02. The summed E-state index contributed by atoms with van der Waals surface area (Å²) in [6.07, 6.45) is 4.90. The molecule has 0 aliphatic heterocycles. The van der Waals surface area contributed by atoms with Crippen LogP contribution in [0.1, 0.15) is 13.3 Å². The molecule has 1 aromatic heterocycles. The maximum absolute atomic E-state index is 10.6. The Hall–Kier alpha value is -1.32. The monoisotopic (exact) mass is 140 g/mol. The van der Waals surface area contributed by atoms with E-state index in [0.29, 0.717) is 6.42 Å². The highest BCUT2D eigenvalue weighted by molar-refractivity contribution is 5.69. The normalized spacial score (nSPS) is 9.30. The summed E-state index contributed by atoms with van der Waals surface area (Å²) in [7, 11) is 0. The van der Waals surface area contributed by atoms with Crippen LogP contribution in [-0.2, 0) is 4.79 Å². The second kappa shape index (κ2) is 3.00. The Labute approximate surface area is 58.4 Å². The molecule has 0 unspecified atom stereocenters. The first kappa shape index (κ1) is 6.80. The first-order chi connectivity index (χ1) is 4.83. The molecule has 0 aliphatic carbocycles. The van der Waals surface area contributed by atoms with E-state index < -0.39 is 0 Å². The molecule has 0 N–H and O–H groups in total. The average molecular weight is 140 g/mol. The molecule has 1 aromatic rings. The van der Waals surface area contributed by atoms with Gasteiger partial charge in [0.2, 0.25) is 0 Å². The van der Waals surface area contributed by atoms with Gasteiger partial charge in [0.15, 0.2) is 0 Å². The number of nitrogens with zero attached hydrogens (tertiary/aromatic N) is 2. The number of hydrogen-bond acceptors (Lipinski definition) is 3. The van der Waals surface area contributed by atoms with E-state index in [-0.39, 0.29) is 5.97 Å². The van der Waals surface area contributed by atoms with Crippen LogP contribution in [0.2, 0.25) is 0 Å². The maximum Gasteiger partial charge on any atom is 0.332 e. The minimum absolute atomic E-state index is 0.266. The molecule has 0 amide bonds. The Bertz CT molecular complexity index is 206. The standard InChI is InChI=1S/C6H8N2O2/c1-2-6(9)10-8-4-3-7-5-8/h3-5H,2H2,1H3. The number of carbonyl (C=O) groups is 1. The summed E-state index contributed by atoms with van der Waals surface area (Å²) in [5.41, 5.74) is 0. The van der Waals surface area contributed by atoms with Crippen molar-refractivity contribution in [2.24, 2.45) is 0 Å². The predicted molar refractivity (Wildman–Crippen MR) is 34.1 cm³/mol. The van der Waals surface area contributed by atoms with Gasteiger partial charge in [0.25, 0.3) is 0 Å². The van der Waals surface area contributed by atoms with Crippen LogP contribution in [0.15, 0.2) is 18.7 Å². The van der Waals surface area contributed by atoms with Crippen molar-refractivity contribution in [1.82, 2.24) is 9.71 Å². The fourth-order valence-corrected chi connectivity index (χ4v) is 0.483. The molecule has 0 saturated heterocycles. The van der Waals surface area contributed by atoms with Gasteiger partial charge in [-0.15, -0.1) is 0 Å². The van der Waals surface area contributed by atoms with E-state index in [1.54, 1.807) is 19.3 Å². The van der Waals surface area contributed by atoms with Gasteiger partial charge in [0.05, 0.1) is 6.20 Å². The Morgan fingerprint density at radius 3 is 3.10 bits per heavy atom. The zero-order valence-corrected chi connectivity index (χ0v) is 5.65.